The predicted molar refractivity (Wildman–Crippen MR) is 129 cm³/mol. The molecule has 2 aliphatic heterocycles. The van der Waals surface area contributed by atoms with Gasteiger partial charge in [0.05, 0.1) is 12.1 Å². The first kappa shape index (κ1) is 28.2. The van der Waals surface area contributed by atoms with Crippen LogP contribution in [0.25, 0.3) is 5.70 Å². The predicted octanol–water partition coefficient (Wildman–Crippen LogP) is 4.34. The summed E-state index contributed by atoms with van der Waals surface area (Å²) in [5, 5.41) is 2.69. The van der Waals surface area contributed by atoms with E-state index in [9.17, 15) is 31.9 Å². The number of hydrogen-bond acceptors (Lipinski definition) is 5. The fourth-order valence-electron chi connectivity index (χ4n) is 4.27. The highest BCUT2D eigenvalue weighted by molar-refractivity contribution is 5.97. The molecule has 0 spiro atoms. The number of ether oxygens (including phenoxy) is 1. The van der Waals surface area contributed by atoms with Gasteiger partial charge in [-0.2, -0.15) is 13.2 Å². The molecule has 2 heterocycles. The van der Waals surface area contributed by atoms with Gasteiger partial charge in [0.2, 0.25) is 5.91 Å². The van der Waals surface area contributed by atoms with Crippen molar-refractivity contribution in [3.63, 3.8) is 0 Å². The first-order chi connectivity index (χ1) is 17.1. The van der Waals surface area contributed by atoms with Crippen molar-refractivity contribution in [2.75, 3.05) is 26.7 Å². The molecule has 1 saturated heterocycles. The van der Waals surface area contributed by atoms with E-state index in [2.05, 4.69) is 5.32 Å². The molecule has 1 N–H and O–H groups in total. The Morgan fingerprint density at radius 3 is 2.27 bits per heavy atom. The molecule has 202 valence electrons. The second-order valence-corrected chi connectivity index (χ2v) is 10.2. The summed E-state index contributed by atoms with van der Waals surface area (Å²) < 4.78 is 58.3. The second-order valence-electron chi connectivity index (χ2n) is 10.2. The van der Waals surface area contributed by atoms with Gasteiger partial charge in [0.15, 0.2) is 5.78 Å². The summed E-state index contributed by atoms with van der Waals surface area (Å²) in [7, 11) is 1.71. The molecule has 0 aliphatic carbocycles. The van der Waals surface area contributed by atoms with E-state index in [1.165, 1.54) is 19.1 Å². The van der Waals surface area contributed by atoms with Crippen LogP contribution in [0.4, 0.5) is 22.4 Å². The van der Waals surface area contributed by atoms with E-state index in [1.807, 2.05) is 0 Å². The number of alkyl halides is 4. The van der Waals surface area contributed by atoms with Gasteiger partial charge in [0.1, 0.15) is 17.8 Å². The van der Waals surface area contributed by atoms with Gasteiger partial charge in [-0.25, -0.2) is 9.18 Å². The van der Waals surface area contributed by atoms with Gasteiger partial charge in [-0.15, -0.1) is 0 Å². The molecule has 7 nitrogen and oxygen atoms in total. The van der Waals surface area contributed by atoms with Crippen molar-refractivity contribution >= 4 is 23.5 Å². The summed E-state index contributed by atoms with van der Waals surface area (Å²) in [6.07, 6.45) is -5.18. The maximum absolute atomic E-state index is 14.2. The summed E-state index contributed by atoms with van der Waals surface area (Å²) in [6, 6.07) is 3.58. The largest absolute Gasteiger partial charge is 0.444 e. The van der Waals surface area contributed by atoms with E-state index in [4.69, 9.17) is 4.74 Å². The van der Waals surface area contributed by atoms with Gasteiger partial charge in [0.25, 0.3) is 0 Å². The number of nitrogens with zero attached hydrogens (tertiary/aromatic N) is 2. The molecular weight excluding hydrogens is 494 g/mol. The number of likely N-dealkylation sites (N-methyl/N-ethyl adjacent to an activating group) is 1. The van der Waals surface area contributed by atoms with Crippen LogP contribution in [0.15, 0.2) is 41.5 Å². The number of hydrogen-bond donors (Lipinski definition) is 1. The van der Waals surface area contributed by atoms with E-state index < -0.39 is 41.6 Å². The second kappa shape index (κ2) is 10.5. The molecule has 2 amide bonds. The molecule has 1 aromatic rings. The van der Waals surface area contributed by atoms with Gasteiger partial charge in [-0.1, -0.05) is 12.1 Å². The molecule has 0 bridgehead atoms. The molecule has 0 aromatic heterocycles. The monoisotopic (exact) mass is 525 g/mol. The van der Waals surface area contributed by atoms with E-state index in [0.717, 1.165) is 17.0 Å². The minimum Gasteiger partial charge on any atom is -0.444 e. The zero-order valence-electron chi connectivity index (χ0n) is 21.4. The van der Waals surface area contributed by atoms with Crippen molar-refractivity contribution in [3.05, 3.63) is 52.6 Å². The van der Waals surface area contributed by atoms with Gasteiger partial charge < -0.3 is 15.0 Å². The standard InChI is InChI=1S/C26H31F4N3O4/c1-15(34)20-14-32(5)21(16-6-8-18(9-7-16)26(28,29)30)10-17(20)12-31-23(35)22-11-19(27)13-33(22)24(36)37-25(2,3)4/h6-10,19,22H,11-14H2,1-5H3,(H,31,35)/t19-,22+/m1/s1. The fraction of sp³-hybridized carbons (Fsp3) is 0.500. The lowest BCUT2D eigenvalue weighted by molar-refractivity contribution is -0.137. The molecule has 3 rings (SSSR count). The quantitative estimate of drug-likeness (QED) is 0.579. The van der Waals surface area contributed by atoms with E-state index in [-0.39, 0.29) is 31.8 Å². The van der Waals surface area contributed by atoms with Crippen molar-refractivity contribution in [1.29, 1.82) is 0 Å². The Kier molecular flexibility index (Phi) is 8.04. The first-order valence-corrected chi connectivity index (χ1v) is 11.8. The highest BCUT2D eigenvalue weighted by atomic mass is 19.4. The maximum atomic E-state index is 14.2. The van der Waals surface area contributed by atoms with Crippen LogP contribution in [-0.4, -0.2) is 72.1 Å². The van der Waals surface area contributed by atoms with E-state index in [1.54, 1.807) is 38.8 Å². The van der Waals surface area contributed by atoms with E-state index in [0.29, 0.717) is 22.4 Å². The van der Waals surface area contributed by atoms with Crippen LogP contribution in [0.1, 0.15) is 45.2 Å². The van der Waals surface area contributed by atoms with Crippen LogP contribution in [0.2, 0.25) is 0 Å². The SMILES string of the molecule is CC(=O)C1=C(CNC(=O)[C@@H]2C[C@@H](F)CN2C(=O)OC(C)(C)C)C=C(c2ccc(C(F)(F)F)cc2)N(C)C1. The zero-order valence-corrected chi connectivity index (χ0v) is 21.4. The third-order valence-electron chi connectivity index (χ3n) is 6.07. The van der Waals surface area contributed by atoms with Gasteiger partial charge >= 0.3 is 12.3 Å². The molecule has 37 heavy (non-hydrogen) atoms. The lowest BCUT2D eigenvalue weighted by Gasteiger charge is -2.30. The highest BCUT2D eigenvalue weighted by Crippen LogP contribution is 2.32. The number of rotatable bonds is 5. The summed E-state index contributed by atoms with van der Waals surface area (Å²) in [5.41, 5.74) is 0.392. The lowest BCUT2D eigenvalue weighted by atomic mass is 9.96. The lowest BCUT2D eigenvalue weighted by Crippen LogP contribution is -2.48. The molecule has 1 aromatic carbocycles. The first-order valence-electron chi connectivity index (χ1n) is 11.8. The Balaban J connectivity index is 1.81. The Morgan fingerprint density at radius 1 is 1.11 bits per heavy atom. The Labute approximate surface area is 213 Å². The fourth-order valence-corrected chi connectivity index (χ4v) is 4.27. The van der Waals surface area contributed by atoms with Crippen molar-refractivity contribution < 1.29 is 36.7 Å². The Bertz CT molecular complexity index is 1120. The van der Waals surface area contributed by atoms with Gasteiger partial charge in [-0.3, -0.25) is 14.5 Å². The molecule has 11 heteroatoms. The van der Waals surface area contributed by atoms with E-state index >= 15 is 0 Å². The average molecular weight is 526 g/mol. The number of ketones is 1. The molecule has 1 fully saturated rings. The molecule has 0 radical (unpaired) electrons. The minimum atomic E-state index is -4.46. The van der Waals surface area contributed by atoms with Crippen molar-refractivity contribution in [2.45, 2.75) is 58.1 Å². The molecule has 0 saturated carbocycles. The van der Waals surface area contributed by atoms with Crippen molar-refractivity contribution in [1.82, 2.24) is 15.1 Å². The summed E-state index contributed by atoms with van der Waals surface area (Å²) >= 11 is 0. The number of benzene rings is 1. The van der Waals surface area contributed by atoms with Gasteiger partial charge in [0, 0.05) is 37.8 Å². The van der Waals surface area contributed by atoms with Crippen molar-refractivity contribution in [3.8, 4) is 0 Å². The van der Waals surface area contributed by atoms with Crippen molar-refractivity contribution in [2.24, 2.45) is 0 Å². The highest BCUT2D eigenvalue weighted by Gasteiger charge is 2.41. The Hall–Kier alpha value is -3.37. The number of carbonyl (C=O) groups is 3. The molecule has 0 unspecified atom stereocenters. The average Bonchev–Trinajstić information content (AvgIpc) is 3.18. The van der Waals surface area contributed by atoms with Crippen LogP contribution in [-0.2, 0) is 20.5 Å². The van der Waals surface area contributed by atoms with Crippen LogP contribution >= 0.6 is 0 Å². The maximum Gasteiger partial charge on any atom is 0.416 e. The van der Waals surface area contributed by atoms with Crippen LogP contribution in [0.5, 0.6) is 0 Å². The topological polar surface area (TPSA) is 79.0 Å². The van der Waals surface area contributed by atoms with Crippen LogP contribution in [0, 0.1) is 0 Å². The van der Waals surface area contributed by atoms with Crippen LogP contribution in [0.3, 0.4) is 0 Å². The third-order valence-corrected chi connectivity index (χ3v) is 6.07. The number of halogens is 4. The smallest absolute Gasteiger partial charge is 0.416 e. The molecule has 2 aliphatic rings. The number of carbonyl (C=O) groups excluding carboxylic acids is 3. The zero-order chi connectivity index (χ0) is 27.7. The number of Topliss-reactive ketones (excluding diaryl/α,β-unsaturated/α-hetero) is 1. The number of nitrogens with one attached hydrogen (secondary N) is 1. The van der Waals surface area contributed by atoms with Gasteiger partial charge in [-0.05, 0) is 57.0 Å². The normalized spacial score (nSPS) is 20.6. The molecular formula is C26H31F4N3O4. The third kappa shape index (κ3) is 6.90. The number of likely N-dealkylation sites (tertiary alicyclic amines) is 1. The number of amides is 2. The van der Waals surface area contributed by atoms with Crippen LogP contribution < -0.4 is 5.32 Å². The minimum absolute atomic E-state index is 0.0820. The summed E-state index contributed by atoms with van der Waals surface area (Å²) in [6.45, 7) is 6.22. The summed E-state index contributed by atoms with van der Waals surface area (Å²) in [4.78, 5) is 40.6. The molecule has 2 atom stereocenters. The summed E-state index contributed by atoms with van der Waals surface area (Å²) in [5.74, 6) is -0.816. The Morgan fingerprint density at radius 2 is 1.73 bits per heavy atom.